The highest BCUT2D eigenvalue weighted by Gasteiger charge is 2.38. The first kappa shape index (κ1) is 32.0. The number of carbonyl (C=O) groups is 3. The summed E-state index contributed by atoms with van der Waals surface area (Å²) in [5.74, 6) is -4.50. The molecule has 2 fully saturated rings. The summed E-state index contributed by atoms with van der Waals surface area (Å²) < 4.78 is 69.3. The number of likely N-dealkylation sites (tertiary alicyclic amines) is 1. The van der Waals surface area contributed by atoms with Crippen LogP contribution in [0.15, 0.2) is 24.3 Å². The Morgan fingerprint density at radius 1 is 0.892 bits per heavy atom. The van der Waals surface area contributed by atoms with Gasteiger partial charge < -0.3 is 30.1 Å². The van der Waals surface area contributed by atoms with Gasteiger partial charge in [0.15, 0.2) is 0 Å². The number of rotatable bonds is 6. The number of halogens is 6. The van der Waals surface area contributed by atoms with Gasteiger partial charge in [-0.2, -0.15) is 26.3 Å². The molecule has 0 atom stereocenters. The number of anilines is 1. The molecule has 0 radical (unpaired) electrons. The highest BCUT2D eigenvalue weighted by Crippen LogP contribution is 2.20. The molecule has 210 valence electrons. The van der Waals surface area contributed by atoms with Gasteiger partial charge in [0, 0.05) is 25.3 Å². The molecule has 0 spiro atoms. The van der Waals surface area contributed by atoms with Gasteiger partial charge >= 0.3 is 24.3 Å². The van der Waals surface area contributed by atoms with Gasteiger partial charge in [-0.3, -0.25) is 4.79 Å². The van der Waals surface area contributed by atoms with Crippen LogP contribution in [0.2, 0.25) is 0 Å². The smallest absolute Gasteiger partial charge is 0.490 e. The van der Waals surface area contributed by atoms with Crippen molar-refractivity contribution < 1.29 is 55.7 Å². The third kappa shape index (κ3) is 13.2. The van der Waals surface area contributed by atoms with Crippen molar-refractivity contribution in [2.24, 2.45) is 0 Å². The lowest BCUT2D eigenvalue weighted by molar-refractivity contribution is -0.193. The van der Waals surface area contributed by atoms with Gasteiger partial charge in [-0.25, -0.2) is 9.59 Å². The largest absolute Gasteiger partial charge is 0.494 e. The number of benzene rings is 1. The highest BCUT2D eigenvalue weighted by atomic mass is 19.4. The van der Waals surface area contributed by atoms with Crippen LogP contribution >= 0.6 is 0 Å². The Labute approximate surface area is 209 Å². The number of hydrogen-bond acceptors (Lipinski definition) is 6. The molecule has 2 aliphatic heterocycles. The zero-order chi connectivity index (χ0) is 28.1. The van der Waals surface area contributed by atoms with E-state index >= 15 is 0 Å². The number of amides is 1. The van der Waals surface area contributed by atoms with Crippen molar-refractivity contribution in [3.05, 3.63) is 24.3 Å². The highest BCUT2D eigenvalue weighted by molar-refractivity contribution is 5.95. The molecule has 3 N–H and O–H groups in total. The van der Waals surface area contributed by atoms with Gasteiger partial charge in [0.05, 0.1) is 13.2 Å². The summed E-state index contributed by atoms with van der Waals surface area (Å²) in [5, 5.41) is 17.3. The van der Waals surface area contributed by atoms with Crippen molar-refractivity contribution in [3.63, 3.8) is 0 Å². The fourth-order valence-corrected chi connectivity index (χ4v) is 3.26. The topological polar surface area (TPSA) is 119 Å². The minimum Gasteiger partial charge on any atom is -0.494 e. The number of ether oxygens (including phenoxy) is 1. The molecule has 0 aliphatic carbocycles. The first-order chi connectivity index (χ1) is 17.2. The Balaban J connectivity index is 0.000000404. The fourth-order valence-electron chi connectivity index (χ4n) is 3.26. The molecule has 0 saturated carbocycles. The molecule has 1 aromatic rings. The molecule has 3 rings (SSSR count). The number of nitrogens with zero attached hydrogens (tertiary/aromatic N) is 2. The van der Waals surface area contributed by atoms with Crippen LogP contribution in [0.4, 0.5) is 32.0 Å². The minimum absolute atomic E-state index is 0.131. The van der Waals surface area contributed by atoms with Crippen molar-refractivity contribution in [3.8, 4) is 5.75 Å². The van der Waals surface area contributed by atoms with E-state index in [4.69, 9.17) is 24.5 Å². The monoisotopic (exact) mass is 545 g/mol. The molecular formula is C22H29F6N3O6. The Morgan fingerprint density at radius 3 is 1.86 bits per heavy atom. The second-order valence-electron chi connectivity index (χ2n) is 7.93. The van der Waals surface area contributed by atoms with Gasteiger partial charge in [0.1, 0.15) is 5.75 Å². The van der Waals surface area contributed by atoms with Gasteiger partial charge in [0.25, 0.3) is 0 Å². The first-order valence-electron chi connectivity index (χ1n) is 11.3. The summed E-state index contributed by atoms with van der Waals surface area (Å²) in [6.07, 6.45) is -5.03. The molecule has 9 nitrogen and oxygen atoms in total. The van der Waals surface area contributed by atoms with Crippen molar-refractivity contribution in [1.82, 2.24) is 10.2 Å². The molecule has 2 saturated heterocycles. The van der Waals surface area contributed by atoms with Gasteiger partial charge in [-0.05, 0) is 56.6 Å². The van der Waals surface area contributed by atoms with E-state index in [1.807, 2.05) is 29.2 Å². The summed E-state index contributed by atoms with van der Waals surface area (Å²) in [6.45, 7) is 6.38. The number of carboxylic acids is 2. The van der Waals surface area contributed by atoms with E-state index in [2.05, 4.69) is 10.2 Å². The zero-order valence-electron chi connectivity index (χ0n) is 19.8. The number of hydrogen-bond donors (Lipinski definition) is 3. The normalized spacial score (nSPS) is 16.6. The van der Waals surface area contributed by atoms with E-state index in [0.29, 0.717) is 6.54 Å². The van der Waals surface area contributed by atoms with E-state index < -0.39 is 24.3 Å². The number of nitrogens with one attached hydrogen (secondary N) is 1. The fraction of sp³-hybridized carbons (Fsp3) is 0.591. The van der Waals surface area contributed by atoms with Crippen molar-refractivity contribution in [2.75, 3.05) is 50.8 Å². The maximum atomic E-state index is 11.9. The summed E-state index contributed by atoms with van der Waals surface area (Å²) >= 11 is 0. The summed E-state index contributed by atoms with van der Waals surface area (Å²) in [4.78, 5) is 34.0. The molecule has 2 aliphatic rings. The quantitative estimate of drug-likeness (QED) is 0.369. The lowest BCUT2D eigenvalue weighted by Gasteiger charge is -2.27. The number of piperazine rings is 1. The maximum absolute atomic E-state index is 11.9. The van der Waals surface area contributed by atoms with Crippen LogP contribution in [0.5, 0.6) is 5.75 Å². The Hall–Kier alpha value is -3.07. The molecule has 0 unspecified atom stereocenters. The zero-order valence-corrected chi connectivity index (χ0v) is 19.8. The predicted molar refractivity (Wildman–Crippen MR) is 119 cm³/mol. The van der Waals surface area contributed by atoms with Crippen molar-refractivity contribution in [2.45, 2.75) is 38.0 Å². The number of carboxylic acid groups (broad SMARTS) is 2. The Kier molecular flexibility index (Phi) is 13.2. The molecule has 1 aromatic carbocycles. The summed E-state index contributed by atoms with van der Waals surface area (Å²) in [7, 11) is 0. The van der Waals surface area contributed by atoms with Crippen LogP contribution in [0.3, 0.4) is 0 Å². The molecule has 0 bridgehead atoms. The summed E-state index contributed by atoms with van der Waals surface area (Å²) in [6, 6.07) is 7.88. The lowest BCUT2D eigenvalue weighted by atomic mass is 10.1. The van der Waals surface area contributed by atoms with Crippen molar-refractivity contribution >= 4 is 23.5 Å². The van der Waals surface area contributed by atoms with Crippen molar-refractivity contribution in [1.29, 1.82) is 0 Å². The first-order valence-corrected chi connectivity index (χ1v) is 11.3. The third-order valence-electron chi connectivity index (χ3n) is 5.06. The second-order valence-corrected chi connectivity index (χ2v) is 7.93. The Morgan fingerprint density at radius 2 is 1.41 bits per heavy atom. The average Bonchev–Trinajstić information content (AvgIpc) is 2.83. The number of aliphatic carboxylic acids is 2. The van der Waals surface area contributed by atoms with Crippen LogP contribution in [0.1, 0.15) is 25.7 Å². The molecular weight excluding hydrogens is 516 g/mol. The summed E-state index contributed by atoms with van der Waals surface area (Å²) in [5.41, 5.74) is 0.956. The molecule has 37 heavy (non-hydrogen) atoms. The Bertz CT molecular complexity index is 834. The molecule has 2 heterocycles. The van der Waals surface area contributed by atoms with Crippen LogP contribution < -0.4 is 15.0 Å². The number of alkyl halides is 6. The van der Waals surface area contributed by atoms with Crippen LogP contribution in [-0.2, 0) is 14.4 Å². The predicted octanol–water partition coefficient (Wildman–Crippen LogP) is 3.14. The third-order valence-corrected chi connectivity index (χ3v) is 5.06. The van der Waals surface area contributed by atoms with Gasteiger partial charge in [0.2, 0.25) is 5.91 Å². The number of carbonyl (C=O) groups excluding carboxylic acids is 1. The van der Waals surface area contributed by atoms with E-state index in [1.165, 1.54) is 32.4 Å². The van der Waals surface area contributed by atoms with Gasteiger partial charge in [-0.1, -0.05) is 6.42 Å². The number of piperidine rings is 1. The molecule has 0 aromatic heterocycles. The van der Waals surface area contributed by atoms with E-state index in [9.17, 15) is 31.1 Å². The van der Waals surface area contributed by atoms with E-state index in [0.717, 1.165) is 44.1 Å². The maximum Gasteiger partial charge on any atom is 0.490 e. The van der Waals surface area contributed by atoms with Crippen LogP contribution in [-0.4, -0.2) is 91.2 Å². The van der Waals surface area contributed by atoms with E-state index in [-0.39, 0.29) is 5.91 Å². The lowest BCUT2D eigenvalue weighted by Crippen LogP contribution is -2.48. The molecule has 1 amide bonds. The average molecular weight is 545 g/mol. The second kappa shape index (κ2) is 15.2. The van der Waals surface area contributed by atoms with Crippen LogP contribution in [0.25, 0.3) is 0 Å². The van der Waals surface area contributed by atoms with Gasteiger partial charge in [-0.15, -0.1) is 0 Å². The van der Waals surface area contributed by atoms with Crippen LogP contribution in [0, 0.1) is 0 Å². The van der Waals surface area contributed by atoms with E-state index in [1.54, 1.807) is 0 Å². The minimum atomic E-state index is -5.08. The SMILES string of the molecule is O=C(O)C(F)(F)F.O=C(O)C(F)(F)F.O=C1CNCCN1c1ccc(OCCCN2CCCCC2)cc1. The molecule has 15 heteroatoms. The standard InChI is InChI=1S/C18H27N3O2.2C2HF3O2/c22-18-15-19-9-13-21(18)16-5-7-17(8-6-16)23-14-4-12-20-10-2-1-3-11-20;2*3-2(4,5)1(6)7/h5-8,19H,1-4,9-15H2;2*(H,6,7).